The van der Waals surface area contributed by atoms with Crippen LogP contribution in [0.15, 0.2) is 55.1 Å². The zero-order valence-corrected chi connectivity index (χ0v) is 19.0. The van der Waals surface area contributed by atoms with Crippen molar-refractivity contribution in [1.82, 2.24) is 10.6 Å². The van der Waals surface area contributed by atoms with Gasteiger partial charge in [-0.25, -0.2) is 0 Å². The lowest BCUT2D eigenvalue weighted by Crippen LogP contribution is -2.60. The van der Waals surface area contributed by atoms with E-state index in [0.29, 0.717) is 29.4 Å². The third-order valence-corrected chi connectivity index (χ3v) is 4.68. The lowest BCUT2D eigenvalue weighted by atomic mass is 9.97. The number of hydrogen-bond acceptors (Lipinski definition) is 8. The summed E-state index contributed by atoms with van der Waals surface area (Å²) in [6, 6.07) is 13.2. The Labute approximate surface area is 197 Å². The van der Waals surface area contributed by atoms with Gasteiger partial charge < -0.3 is 24.3 Å². The van der Waals surface area contributed by atoms with E-state index in [1.807, 2.05) is 5.32 Å². The average molecular weight is 469 g/mol. The van der Waals surface area contributed by atoms with Gasteiger partial charge >= 0.3 is 0 Å². The van der Waals surface area contributed by atoms with Crippen molar-refractivity contribution in [2.24, 2.45) is 0 Å². The van der Waals surface area contributed by atoms with Gasteiger partial charge in [-0.2, -0.15) is 0 Å². The summed E-state index contributed by atoms with van der Waals surface area (Å²) in [5, 5.41) is 11.4. The minimum absolute atomic E-state index is 0.0602. The Morgan fingerprint density at radius 2 is 1.62 bits per heavy atom. The number of carbonyl (C=O) groups excluding carboxylic acids is 3. The summed E-state index contributed by atoms with van der Waals surface area (Å²) in [6.07, 6.45) is 0.880. The maximum absolute atomic E-state index is 12.7. The van der Waals surface area contributed by atoms with Crippen molar-refractivity contribution < 1.29 is 33.3 Å². The number of hydrogen-bond donors (Lipinski definition) is 3. The predicted molar refractivity (Wildman–Crippen MR) is 125 cm³/mol. The Hall–Kier alpha value is -4.18. The molecule has 2 aromatic rings. The Morgan fingerprint density at radius 3 is 2.15 bits per heavy atom. The summed E-state index contributed by atoms with van der Waals surface area (Å²) in [5.74, 6) is -0.0561. The molecule has 0 bridgehead atoms. The molecule has 0 aliphatic rings. The van der Waals surface area contributed by atoms with Crippen LogP contribution in [0.4, 0.5) is 0 Å². The van der Waals surface area contributed by atoms with Crippen molar-refractivity contribution in [3.8, 4) is 17.2 Å². The minimum Gasteiger partial charge on any atom is -0.467 e. The summed E-state index contributed by atoms with van der Waals surface area (Å²) in [7, 11) is 1.37. The highest BCUT2D eigenvalue weighted by molar-refractivity contribution is 6.11. The van der Waals surface area contributed by atoms with Crippen LogP contribution in [0.3, 0.4) is 0 Å². The molecule has 1 unspecified atom stereocenters. The van der Waals surface area contributed by atoms with Crippen LogP contribution in [0, 0.1) is 5.41 Å². The van der Waals surface area contributed by atoms with Gasteiger partial charge in [-0.3, -0.25) is 25.1 Å². The molecule has 34 heavy (non-hydrogen) atoms. The molecule has 3 amide bonds. The maximum Gasteiger partial charge on any atom is 0.280 e. The third-order valence-electron chi connectivity index (χ3n) is 4.68. The molecule has 180 valence electrons. The quantitative estimate of drug-likeness (QED) is 0.0966. The lowest BCUT2D eigenvalue weighted by Gasteiger charge is -2.30. The van der Waals surface area contributed by atoms with Crippen LogP contribution in [-0.2, 0) is 23.9 Å². The molecule has 0 aliphatic carbocycles. The summed E-state index contributed by atoms with van der Waals surface area (Å²) in [6.45, 7) is 5.94. The molecule has 0 heterocycles. The van der Waals surface area contributed by atoms with Crippen molar-refractivity contribution in [2.75, 3.05) is 20.3 Å². The number of carbonyl (C=O) groups is 3. The number of imide groups is 1. The van der Waals surface area contributed by atoms with Gasteiger partial charge in [0.05, 0.1) is 6.61 Å². The van der Waals surface area contributed by atoms with E-state index in [9.17, 15) is 14.4 Å². The predicted octanol–water partition coefficient (Wildman–Crippen LogP) is 2.64. The molecule has 0 spiro atoms. The number of rotatable bonds is 14. The van der Waals surface area contributed by atoms with E-state index in [1.165, 1.54) is 19.2 Å². The molecular weight excluding hydrogens is 442 g/mol. The van der Waals surface area contributed by atoms with Gasteiger partial charge in [0, 0.05) is 25.6 Å². The van der Waals surface area contributed by atoms with Gasteiger partial charge in [0.25, 0.3) is 17.4 Å². The molecule has 0 aromatic heterocycles. The first-order valence-corrected chi connectivity index (χ1v) is 10.4. The molecule has 0 radical (unpaired) electrons. The molecule has 2 rings (SSSR count). The van der Waals surface area contributed by atoms with E-state index >= 15 is 0 Å². The monoisotopic (exact) mass is 469 g/mol. The molecule has 0 saturated carbocycles. The Morgan fingerprint density at radius 1 is 1.03 bits per heavy atom. The van der Waals surface area contributed by atoms with Crippen LogP contribution >= 0.6 is 0 Å². The third kappa shape index (κ3) is 6.66. The SMILES string of the molecule is C=C(OC=N)c1ccc(Oc2ccc(OC(CCOCC)(C(=O)NC)C(=O)NC=O)cc2)cc1. The minimum atomic E-state index is -2.01. The second kappa shape index (κ2) is 12.8. The molecule has 10 heteroatoms. The lowest BCUT2D eigenvalue weighted by molar-refractivity contribution is -0.152. The summed E-state index contributed by atoms with van der Waals surface area (Å²) in [5.41, 5.74) is -1.31. The molecule has 1 atom stereocenters. The standard InChI is InChI=1S/C24H27N3O7/c1-4-31-14-13-24(22(29)26-3,23(30)27-16-28)34-21-11-9-20(10-12-21)33-19-7-5-18(6-8-19)17(2)32-15-25/h5-12,15-16,25H,2,4,13-14H2,1,3H3,(H,26,29)(H,27,28,30). The van der Waals surface area contributed by atoms with Crippen LogP contribution in [0.25, 0.3) is 5.76 Å². The van der Waals surface area contributed by atoms with Gasteiger partial charge in [0.2, 0.25) is 6.41 Å². The highest BCUT2D eigenvalue weighted by Gasteiger charge is 2.48. The molecule has 10 nitrogen and oxygen atoms in total. The molecule has 0 saturated heterocycles. The number of benzene rings is 2. The Kier molecular flexibility index (Phi) is 9.78. The molecule has 2 aromatic carbocycles. The van der Waals surface area contributed by atoms with Crippen molar-refractivity contribution in [1.29, 1.82) is 5.41 Å². The zero-order chi connectivity index (χ0) is 25.0. The van der Waals surface area contributed by atoms with Gasteiger partial charge in [-0.15, -0.1) is 0 Å². The Balaban J connectivity index is 2.20. The van der Waals surface area contributed by atoms with E-state index in [4.69, 9.17) is 24.4 Å². The van der Waals surface area contributed by atoms with Crippen molar-refractivity contribution in [3.63, 3.8) is 0 Å². The fourth-order valence-electron chi connectivity index (χ4n) is 2.97. The van der Waals surface area contributed by atoms with E-state index in [-0.39, 0.29) is 25.2 Å². The Bertz CT molecular complexity index is 1010. The van der Waals surface area contributed by atoms with Gasteiger partial charge in [-0.1, -0.05) is 6.58 Å². The fraction of sp³-hybridized carbons (Fsp3) is 0.250. The first-order valence-electron chi connectivity index (χ1n) is 10.4. The van der Waals surface area contributed by atoms with Crippen LogP contribution < -0.4 is 20.1 Å². The molecule has 0 fully saturated rings. The van der Waals surface area contributed by atoms with Gasteiger partial charge in [-0.05, 0) is 55.5 Å². The first-order chi connectivity index (χ1) is 16.4. The molecular formula is C24H27N3O7. The highest BCUT2D eigenvalue weighted by atomic mass is 16.5. The van der Waals surface area contributed by atoms with Crippen molar-refractivity contribution >= 4 is 30.4 Å². The highest BCUT2D eigenvalue weighted by Crippen LogP contribution is 2.28. The van der Waals surface area contributed by atoms with Crippen LogP contribution in [0.2, 0.25) is 0 Å². The van der Waals surface area contributed by atoms with Gasteiger partial charge in [0.1, 0.15) is 23.0 Å². The summed E-state index contributed by atoms with van der Waals surface area (Å²) < 4.78 is 21.9. The van der Waals surface area contributed by atoms with E-state index < -0.39 is 17.4 Å². The maximum atomic E-state index is 12.7. The van der Waals surface area contributed by atoms with E-state index in [0.717, 1.165) is 6.40 Å². The van der Waals surface area contributed by atoms with Crippen LogP contribution in [0.5, 0.6) is 17.2 Å². The largest absolute Gasteiger partial charge is 0.467 e. The first kappa shape index (κ1) is 26.1. The van der Waals surface area contributed by atoms with E-state index in [1.54, 1.807) is 43.3 Å². The van der Waals surface area contributed by atoms with Crippen molar-refractivity contribution in [2.45, 2.75) is 18.9 Å². The zero-order valence-electron chi connectivity index (χ0n) is 19.0. The normalized spacial score (nSPS) is 11.9. The number of ether oxygens (including phenoxy) is 4. The number of likely N-dealkylation sites (N-methyl/N-ethyl adjacent to an activating group) is 1. The topological polar surface area (TPSA) is 136 Å². The second-order valence-corrected chi connectivity index (χ2v) is 6.80. The summed E-state index contributed by atoms with van der Waals surface area (Å²) in [4.78, 5) is 36.2. The number of nitrogens with one attached hydrogen (secondary N) is 3. The molecule has 3 N–H and O–H groups in total. The second-order valence-electron chi connectivity index (χ2n) is 6.80. The summed E-state index contributed by atoms with van der Waals surface area (Å²) >= 11 is 0. The number of amides is 3. The fourth-order valence-corrected chi connectivity index (χ4v) is 2.97. The smallest absolute Gasteiger partial charge is 0.280 e. The van der Waals surface area contributed by atoms with Crippen LogP contribution in [-0.4, -0.2) is 50.5 Å². The van der Waals surface area contributed by atoms with Gasteiger partial charge in [0.15, 0.2) is 6.40 Å². The van der Waals surface area contributed by atoms with Crippen LogP contribution in [0.1, 0.15) is 18.9 Å². The van der Waals surface area contributed by atoms with Crippen molar-refractivity contribution in [3.05, 3.63) is 60.7 Å². The molecule has 0 aliphatic heterocycles. The van der Waals surface area contributed by atoms with E-state index in [2.05, 4.69) is 11.9 Å². The average Bonchev–Trinajstić information content (AvgIpc) is 2.85.